The van der Waals surface area contributed by atoms with E-state index in [0.29, 0.717) is 22.5 Å². The number of ether oxygens (including phenoxy) is 1. The first-order chi connectivity index (χ1) is 17.0. The summed E-state index contributed by atoms with van der Waals surface area (Å²) >= 11 is 0. The maximum Gasteiger partial charge on any atom is 0.331 e. The molecule has 0 fully saturated rings. The molecule has 1 N–H and O–H groups in total. The first kappa shape index (κ1) is 23.3. The molecule has 8 heteroatoms. The van der Waals surface area contributed by atoms with Gasteiger partial charge in [-0.3, -0.25) is 14.6 Å². The molecule has 1 amide bonds. The Morgan fingerprint density at radius 1 is 1.00 bits per heavy atom. The van der Waals surface area contributed by atoms with Crippen molar-refractivity contribution in [2.45, 2.75) is 6.92 Å². The molecule has 0 saturated heterocycles. The van der Waals surface area contributed by atoms with Crippen molar-refractivity contribution in [3.05, 3.63) is 103 Å². The second kappa shape index (κ2) is 10.8. The number of rotatable bonds is 8. The predicted molar refractivity (Wildman–Crippen MR) is 132 cm³/mol. The molecule has 2 heterocycles. The van der Waals surface area contributed by atoms with Crippen LogP contribution in [0.4, 0.5) is 5.69 Å². The Balaban J connectivity index is 1.42. The summed E-state index contributed by atoms with van der Waals surface area (Å²) in [6, 6.07) is 19.7. The highest BCUT2D eigenvalue weighted by atomic mass is 16.5. The largest absolute Gasteiger partial charge is 0.452 e. The lowest BCUT2D eigenvalue weighted by molar-refractivity contribution is -0.142. The molecule has 2 aromatic carbocycles. The number of pyridine rings is 1. The summed E-state index contributed by atoms with van der Waals surface area (Å²) < 4.78 is 6.79. The smallest absolute Gasteiger partial charge is 0.331 e. The number of benzene rings is 2. The van der Waals surface area contributed by atoms with Crippen LogP contribution in [0.25, 0.3) is 23.0 Å². The van der Waals surface area contributed by atoms with Crippen LogP contribution in [-0.2, 0) is 14.3 Å². The number of hydrogen-bond donors (Lipinski definition) is 1. The number of amides is 1. The van der Waals surface area contributed by atoms with E-state index in [-0.39, 0.29) is 5.78 Å². The fraction of sp³-hybridized carbons (Fsp3) is 0.0741. The molecule has 2 aromatic heterocycles. The van der Waals surface area contributed by atoms with Gasteiger partial charge in [-0.25, -0.2) is 9.48 Å². The van der Waals surface area contributed by atoms with Gasteiger partial charge in [0, 0.05) is 47.0 Å². The zero-order chi connectivity index (χ0) is 24.6. The maximum atomic E-state index is 12.3. The van der Waals surface area contributed by atoms with Crippen LogP contribution in [0.1, 0.15) is 22.8 Å². The summed E-state index contributed by atoms with van der Waals surface area (Å²) in [6.07, 6.45) is 8.02. The van der Waals surface area contributed by atoms with E-state index in [2.05, 4.69) is 15.4 Å². The lowest BCUT2D eigenvalue weighted by Crippen LogP contribution is -2.20. The van der Waals surface area contributed by atoms with Crippen molar-refractivity contribution >= 4 is 29.4 Å². The van der Waals surface area contributed by atoms with E-state index in [1.54, 1.807) is 53.6 Å². The van der Waals surface area contributed by atoms with Crippen molar-refractivity contribution < 1.29 is 19.1 Å². The van der Waals surface area contributed by atoms with Crippen LogP contribution in [0.15, 0.2) is 91.4 Å². The van der Waals surface area contributed by atoms with Crippen LogP contribution in [-0.4, -0.2) is 39.0 Å². The Bertz CT molecular complexity index is 1360. The Hall–Kier alpha value is -4.85. The molecule has 0 saturated carbocycles. The number of hydrogen-bond acceptors (Lipinski definition) is 6. The predicted octanol–water partition coefficient (Wildman–Crippen LogP) is 4.33. The minimum Gasteiger partial charge on any atom is -0.452 e. The van der Waals surface area contributed by atoms with Crippen molar-refractivity contribution in [1.82, 2.24) is 14.8 Å². The Kier molecular flexibility index (Phi) is 7.22. The van der Waals surface area contributed by atoms with Crippen LogP contribution in [0.2, 0.25) is 0 Å². The van der Waals surface area contributed by atoms with Crippen LogP contribution in [0, 0.1) is 0 Å². The number of Topliss-reactive ketones (excluding diaryl/α,β-unsaturated/α-hetero) is 1. The van der Waals surface area contributed by atoms with Gasteiger partial charge >= 0.3 is 5.97 Å². The third-order valence-electron chi connectivity index (χ3n) is 5.02. The van der Waals surface area contributed by atoms with E-state index in [9.17, 15) is 14.4 Å². The molecule has 174 valence electrons. The molecule has 0 aliphatic carbocycles. The highest BCUT2D eigenvalue weighted by Gasteiger charge is 2.12. The molecule has 0 unspecified atom stereocenters. The fourth-order valence-corrected chi connectivity index (χ4v) is 3.28. The first-order valence-electron chi connectivity index (χ1n) is 10.8. The maximum absolute atomic E-state index is 12.3. The number of nitrogens with zero attached hydrogens (tertiary/aromatic N) is 3. The van der Waals surface area contributed by atoms with E-state index in [0.717, 1.165) is 11.3 Å². The summed E-state index contributed by atoms with van der Waals surface area (Å²) in [4.78, 5) is 39.8. The van der Waals surface area contributed by atoms with E-state index in [1.807, 2.05) is 42.5 Å². The normalized spacial score (nSPS) is 10.8. The highest BCUT2D eigenvalue weighted by Crippen LogP contribution is 2.24. The third kappa shape index (κ3) is 6.14. The minimum absolute atomic E-state index is 0.0652. The lowest BCUT2D eigenvalue weighted by atomic mass is 10.1. The number of nitrogens with one attached hydrogen (secondary N) is 1. The van der Waals surface area contributed by atoms with Gasteiger partial charge in [0.15, 0.2) is 12.4 Å². The van der Waals surface area contributed by atoms with E-state index >= 15 is 0 Å². The van der Waals surface area contributed by atoms with E-state index < -0.39 is 18.5 Å². The van der Waals surface area contributed by atoms with Gasteiger partial charge in [-0.15, -0.1) is 0 Å². The summed E-state index contributed by atoms with van der Waals surface area (Å²) in [7, 11) is 0. The van der Waals surface area contributed by atoms with Crippen molar-refractivity contribution in [1.29, 1.82) is 0 Å². The van der Waals surface area contributed by atoms with Crippen LogP contribution < -0.4 is 5.32 Å². The van der Waals surface area contributed by atoms with Gasteiger partial charge in [0.1, 0.15) is 5.69 Å². The van der Waals surface area contributed by atoms with Crippen molar-refractivity contribution in [2.75, 3.05) is 11.9 Å². The van der Waals surface area contributed by atoms with Crippen LogP contribution in [0.3, 0.4) is 0 Å². The molecule has 0 radical (unpaired) electrons. The highest BCUT2D eigenvalue weighted by molar-refractivity contribution is 5.97. The van der Waals surface area contributed by atoms with Crippen LogP contribution >= 0.6 is 0 Å². The molecule has 0 spiro atoms. The second-order valence-electron chi connectivity index (χ2n) is 7.58. The monoisotopic (exact) mass is 466 g/mol. The summed E-state index contributed by atoms with van der Waals surface area (Å²) in [5.74, 6) is -1.23. The van der Waals surface area contributed by atoms with E-state index in [4.69, 9.17) is 4.74 Å². The molecular formula is C27H22N4O4. The molecule has 35 heavy (non-hydrogen) atoms. The number of aromatic nitrogens is 3. The van der Waals surface area contributed by atoms with Gasteiger partial charge in [-0.1, -0.05) is 18.2 Å². The number of carbonyl (C=O) groups excluding carboxylic acids is 3. The van der Waals surface area contributed by atoms with Gasteiger partial charge < -0.3 is 10.1 Å². The van der Waals surface area contributed by atoms with Crippen molar-refractivity contribution in [2.24, 2.45) is 0 Å². The summed E-state index contributed by atoms with van der Waals surface area (Å²) in [5, 5.41) is 7.27. The summed E-state index contributed by atoms with van der Waals surface area (Å²) in [6.45, 7) is 1.02. The quantitative estimate of drug-likeness (QED) is 0.236. The molecule has 0 aliphatic rings. The number of carbonyl (C=O) groups is 3. The molecule has 8 nitrogen and oxygen atoms in total. The second-order valence-corrected chi connectivity index (χ2v) is 7.58. The Labute approximate surface area is 201 Å². The van der Waals surface area contributed by atoms with Gasteiger partial charge in [0.05, 0.1) is 5.69 Å². The van der Waals surface area contributed by atoms with Crippen LogP contribution in [0.5, 0.6) is 0 Å². The molecule has 0 bridgehead atoms. The minimum atomic E-state index is -0.670. The van der Waals surface area contributed by atoms with E-state index in [1.165, 1.54) is 13.0 Å². The van der Waals surface area contributed by atoms with Gasteiger partial charge in [0.2, 0.25) is 0 Å². The lowest BCUT2D eigenvalue weighted by Gasteiger charge is -2.06. The zero-order valence-electron chi connectivity index (χ0n) is 18.9. The molecule has 4 aromatic rings. The molecular weight excluding hydrogens is 444 g/mol. The SMILES string of the molecule is CC(=O)c1ccc(NC(=O)COC(=O)C=Cc2cn(-c3ccccc3)nc2-c2cccnc2)cc1. The molecule has 0 atom stereocenters. The number of ketones is 1. The summed E-state index contributed by atoms with van der Waals surface area (Å²) in [5.41, 5.74) is 4.05. The Morgan fingerprint density at radius 3 is 2.46 bits per heavy atom. The van der Waals surface area contributed by atoms with Gasteiger partial charge in [-0.2, -0.15) is 5.10 Å². The molecule has 4 rings (SSSR count). The average molecular weight is 466 g/mol. The fourth-order valence-electron chi connectivity index (χ4n) is 3.28. The average Bonchev–Trinajstić information content (AvgIpc) is 3.32. The van der Waals surface area contributed by atoms with Crippen molar-refractivity contribution in [3.8, 4) is 16.9 Å². The number of esters is 1. The Morgan fingerprint density at radius 2 is 1.77 bits per heavy atom. The number of anilines is 1. The standard InChI is InChI=1S/C27H22N4O4/c1-19(32)20-9-12-23(13-10-20)29-25(33)18-35-26(34)14-11-22-17-31(24-7-3-2-4-8-24)30-27(22)21-6-5-15-28-16-21/h2-17H,18H2,1H3,(H,29,33). The van der Waals surface area contributed by atoms with Gasteiger partial charge in [-0.05, 0) is 61.5 Å². The molecule has 0 aliphatic heterocycles. The first-order valence-corrected chi connectivity index (χ1v) is 10.8. The third-order valence-corrected chi connectivity index (χ3v) is 5.02. The zero-order valence-corrected chi connectivity index (χ0v) is 18.9. The van der Waals surface area contributed by atoms with Gasteiger partial charge in [0.25, 0.3) is 5.91 Å². The topological polar surface area (TPSA) is 103 Å². The van der Waals surface area contributed by atoms with Crippen molar-refractivity contribution in [3.63, 3.8) is 0 Å². The number of para-hydroxylation sites is 1.